The molecule has 2 aliphatic carbocycles. The molecule has 2 aromatic rings. The molecule has 0 radical (unpaired) electrons. The highest BCUT2D eigenvalue weighted by Crippen LogP contribution is 2.81. The second-order valence-corrected chi connectivity index (χ2v) is 14.1. The Balaban J connectivity index is 1.56. The molecule has 1 aliphatic heterocycles. The summed E-state index contributed by atoms with van der Waals surface area (Å²) in [5.74, 6) is -1.58. The van der Waals surface area contributed by atoms with Crippen LogP contribution in [0.1, 0.15) is 64.0 Å². The minimum absolute atomic E-state index is 0.00557. The summed E-state index contributed by atoms with van der Waals surface area (Å²) < 4.78 is 41.7. The summed E-state index contributed by atoms with van der Waals surface area (Å²) in [4.78, 5) is 13.0. The number of nitrogens with zero attached hydrogens (tertiary/aromatic N) is 2. The standard InChI is InChI=1S/C28H36FN2O3P/c1-27(2,3)34-26(32)23-18-28(23,29)35(33)30(19-21-12-6-4-7-13-21)24-16-10-11-17-25(24)31(35)20-22-14-8-5-9-15-22/h4-9,12-15,23-25H,10-11,16-20H2,1-3H3/t23-,24-,25-,28-/m0/s1. The van der Waals surface area contributed by atoms with Crippen molar-refractivity contribution in [3.63, 3.8) is 0 Å². The predicted octanol–water partition coefficient (Wildman–Crippen LogP) is 6.54. The number of benzene rings is 2. The zero-order chi connectivity index (χ0) is 24.8. The molecule has 0 bridgehead atoms. The van der Waals surface area contributed by atoms with Gasteiger partial charge in [0, 0.05) is 31.6 Å². The van der Waals surface area contributed by atoms with E-state index in [1.807, 2.05) is 70.0 Å². The lowest BCUT2D eigenvalue weighted by Crippen LogP contribution is -2.39. The average molecular weight is 499 g/mol. The molecule has 7 heteroatoms. The van der Waals surface area contributed by atoms with Gasteiger partial charge in [-0.15, -0.1) is 0 Å². The number of hydrogen-bond acceptors (Lipinski definition) is 3. The van der Waals surface area contributed by atoms with Crippen LogP contribution >= 0.6 is 7.44 Å². The van der Waals surface area contributed by atoms with E-state index in [-0.39, 0.29) is 18.5 Å². The number of hydrogen-bond donors (Lipinski definition) is 0. The van der Waals surface area contributed by atoms with E-state index >= 15 is 8.96 Å². The maximum absolute atomic E-state index is 17.0. The maximum atomic E-state index is 17.0. The highest BCUT2D eigenvalue weighted by molar-refractivity contribution is 7.61. The van der Waals surface area contributed by atoms with E-state index in [2.05, 4.69) is 0 Å². The molecule has 0 N–H and O–H groups in total. The molecule has 0 unspecified atom stereocenters. The van der Waals surface area contributed by atoms with Gasteiger partial charge in [0.25, 0.3) is 7.44 Å². The Bertz CT molecular complexity index is 1040. The number of ether oxygens (including phenoxy) is 1. The maximum Gasteiger partial charge on any atom is 0.313 e. The third-order valence-corrected chi connectivity index (χ3v) is 11.3. The van der Waals surface area contributed by atoms with Gasteiger partial charge in [-0.1, -0.05) is 73.5 Å². The van der Waals surface area contributed by atoms with E-state index < -0.39 is 30.3 Å². The van der Waals surface area contributed by atoms with Crippen LogP contribution in [0, 0.1) is 5.92 Å². The molecule has 2 aromatic carbocycles. The molecule has 4 atom stereocenters. The summed E-state index contributed by atoms with van der Waals surface area (Å²) in [6, 6.07) is 19.8. The van der Waals surface area contributed by atoms with Gasteiger partial charge in [0.1, 0.15) is 11.5 Å². The van der Waals surface area contributed by atoms with Crippen LogP contribution < -0.4 is 0 Å². The summed E-state index contributed by atoms with van der Waals surface area (Å²) in [6.45, 7) is 6.17. The molecular formula is C28H36FN2O3P. The summed E-state index contributed by atoms with van der Waals surface area (Å²) in [5.41, 5.74) is 1.31. The number of rotatable bonds is 6. The lowest BCUT2D eigenvalue weighted by molar-refractivity contribution is -0.157. The topological polar surface area (TPSA) is 49.9 Å². The van der Waals surface area contributed by atoms with Crippen LogP contribution in [0.15, 0.2) is 60.7 Å². The summed E-state index contributed by atoms with van der Waals surface area (Å²) in [5, 5.41) is -2.10. The van der Waals surface area contributed by atoms with Crippen LogP contribution in [0.25, 0.3) is 0 Å². The molecule has 3 fully saturated rings. The molecule has 0 amide bonds. The molecular weight excluding hydrogens is 462 g/mol. The van der Waals surface area contributed by atoms with Gasteiger partial charge < -0.3 is 4.74 Å². The molecule has 5 rings (SSSR count). The minimum atomic E-state index is -3.78. The third kappa shape index (κ3) is 4.50. The van der Waals surface area contributed by atoms with Gasteiger partial charge in [0.15, 0.2) is 0 Å². The van der Waals surface area contributed by atoms with Gasteiger partial charge in [0.2, 0.25) is 5.41 Å². The van der Waals surface area contributed by atoms with Gasteiger partial charge in [-0.3, -0.25) is 9.36 Å². The van der Waals surface area contributed by atoms with Crippen molar-refractivity contribution in [2.24, 2.45) is 5.92 Å². The van der Waals surface area contributed by atoms with E-state index in [1.165, 1.54) is 0 Å². The van der Waals surface area contributed by atoms with Gasteiger partial charge in [-0.05, 0) is 44.7 Å². The van der Waals surface area contributed by atoms with Crippen LogP contribution in [-0.4, -0.2) is 38.4 Å². The van der Waals surface area contributed by atoms with Crippen molar-refractivity contribution in [3.8, 4) is 0 Å². The van der Waals surface area contributed by atoms with E-state index in [0.717, 1.165) is 36.8 Å². The van der Waals surface area contributed by atoms with Crippen molar-refractivity contribution in [2.75, 3.05) is 0 Å². The number of esters is 1. The molecule has 1 saturated heterocycles. The number of fused-ring (bicyclic) bond motifs is 1. The molecule has 5 nitrogen and oxygen atoms in total. The second-order valence-electron chi connectivity index (χ2n) is 11.2. The lowest BCUT2D eigenvalue weighted by Gasteiger charge is -2.35. The minimum Gasteiger partial charge on any atom is -0.460 e. The van der Waals surface area contributed by atoms with Crippen LogP contribution in [0.5, 0.6) is 0 Å². The smallest absolute Gasteiger partial charge is 0.313 e. The number of carbonyl (C=O) groups excluding carboxylic acids is 1. The normalized spacial score (nSPS) is 30.6. The Kier molecular flexibility index (Phi) is 6.44. The Labute approximate surface area is 208 Å². The van der Waals surface area contributed by atoms with Crippen LogP contribution in [0.3, 0.4) is 0 Å². The largest absolute Gasteiger partial charge is 0.460 e. The van der Waals surface area contributed by atoms with E-state index in [1.54, 1.807) is 20.8 Å². The molecule has 2 saturated carbocycles. The van der Waals surface area contributed by atoms with Crippen molar-refractivity contribution >= 4 is 13.4 Å². The fraction of sp³-hybridized carbons (Fsp3) is 0.536. The van der Waals surface area contributed by atoms with Crippen molar-refractivity contribution in [2.45, 2.75) is 89.1 Å². The van der Waals surface area contributed by atoms with Gasteiger partial charge in [-0.2, -0.15) is 0 Å². The predicted molar refractivity (Wildman–Crippen MR) is 135 cm³/mol. The van der Waals surface area contributed by atoms with Crippen LogP contribution in [0.4, 0.5) is 4.39 Å². The van der Waals surface area contributed by atoms with Crippen molar-refractivity contribution in [1.29, 1.82) is 0 Å². The van der Waals surface area contributed by atoms with Gasteiger partial charge in [-0.25, -0.2) is 13.7 Å². The highest BCUT2D eigenvalue weighted by atomic mass is 31.2. The third-order valence-electron chi connectivity index (χ3n) is 7.57. The summed E-state index contributed by atoms with van der Waals surface area (Å²) in [7, 11) is -3.78. The highest BCUT2D eigenvalue weighted by Gasteiger charge is 2.78. The molecule has 0 spiro atoms. The Morgan fingerprint density at radius 3 is 1.83 bits per heavy atom. The molecule has 188 valence electrons. The van der Waals surface area contributed by atoms with E-state index in [0.29, 0.717) is 13.1 Å². The van der Waals surface area contributed by atoms with Crippen LogP contribution in [-0.2, 0) is 27.2 Å². The van der Waals surface area contributed by atoms with Crippen molar-refractivity contribution < 1.29 is 18.5 Å². The SMILES string of the molecule is CC(C)(C)OC(=O)[C@@H]1C[C@]1(F)P1(=O)N(Cc2ccccc2)[C@H]2CCCC[C@@H]2N1Cc1ccccc1. The number of alkyl halides is 1. The molecule has 1 heterocycles. The Morgan fingerprint density at radius 2 is 1.40 bits per heavy atom. The first-order valence-electron chi connectivity index (χ1n) is 12.8. The monoisotopic (exact) mass is 498 g/mol. The van der Waals surface area contributed by atoms with E-state index in [4.69, 9.17) is 4.74 Å². The number of carbonyl (C=O) groups is 1. The molecule has 35 heavy (non-hydrogen) atoms. The first kappa shape index (κ1) is 24.7. The molecule has 0 aromatic heterocycles. The average Bonchev–Trinajstić information content (AvgIpc) is 3.49. The summed E-state index contributed by atoms with van der Waals surface area (Å²) in [6.07, 6.45) is 3.82. The second kappa shape index (κ2) is 9.14. The fourth-order valence-electron chi connectivity index (χ4n) is 5.92. The zero-order valence-corrected chi connectivity index (χ0v) is 21.8. The summed E-state index contributed by atoms with van der Waals surface area (Å²) >= 11 is 0. The Hall–Kier alpha value is -2.01. The first-order valence-corrected chi connectivity index (χ1v) is 14.4. The molecule has 3 aliphatic rings. The lowest BCUT2D eigenvalue weighted by atomic mass is 9.90. The zero-order valence-electron chi connectivity index (χ0n) is 20.9. The van der Waals surface area contributed by atoms with Crippen molar-refractivity contribution in [1.82, 2.24) is 9.34 Å². The van der Waals surface area contributed by atoms with Gasteiger partial charge in [0.05, 0.1) is 0 Å². The van der Waals surface area contributed by atoms with Gasteiger partial charge >= 0.3 is 5.97 Å². The first-order chi connectivity index (χ1) is 16.6. The quantitative estimate of drug-likeness (QED) is 0.335. The fourth-order valence-corrected chi connectivity index (χ4v) is 10.1. The number of halogens is 1. The van der Waals surface area contributed by atoms with E-state index in [9.17, 15) is 4.79 Å². The van der Waals surface area contributed by atoms with Crippen molar-refractivity contribution in [3.05, 3.63) is 71.8 Å². The van der Waals surface area contributed by atoms with Crippen LogP contribution in [0.2, 0.25) is 0 Å². The Morgan fingerprint density at radius 1 is 0.943 bits per heavy atom.